The van der Waals surface area contributed by atoms with Gasteiger partial charge in [-0.25, -0.2) is 0 Å². The lowest BCUT2D eigenvalue weighted by atomic mass is 10.1. The molecule has 2 heterocycles. The molecule has 1 fully saturated rings. The number of amides is 1. The van der Waals surface area contributed by atoms with Crippen LogP contribution in [0.4, 0.5) is 5.69 Å². The van der Waals surface area contributed by atoms with Crippen LogP contribution in [0.2, 0.25) is 5.02 Å². The first-order chi connectivity index (χ1) is 13.6. The van der Waals surface area contributed by atoms with Gasteiger partial charge in [-0.1, -0.05) is 22.8 Å². The molecule has 4 rings (SSSR count). The first kappa shape index (κ1) is 18.3. The van der Waals surface area contributed by atoms with Gasteiger partial charge in [0.1, 0.15) is 11.5 Å². The molecule has 0 saturated carbocycles. The van der Waals surface area contributed by atoms with E-state index in [2.05, 4.69) is 10.1 Å². The summed E-state index contributed by atoms with van der Waals surface area (Å²) in [6, 6.07) is 12.6. The van der Waals surface area contributed by atoms with Gasteiger partial charge in [-0.2, -0.15) is 4.98 Å². The lowest BCUT2D eigenvalue weighted by molar-refractivity contribution is -0.117. The van der Waals surface area contributed by atoms with Crippen molar-refractivity contribution in [3.8, 4) is 22.9 Å². The standard InChI is InChI=1S/C20H18ClN3O4/c1-26-15-6-7-16(17(10-15)27-2)19-22-20(28-23-19)12-8-18(25)24(11-12)14-5-3-4-13(21)9-14/h3-7,9-10,12H,8,11H2,1-2H3. The van der Waals surface area contributed by atoms with Crippen molar-refractivity contribution in [1.82, 2.24) is 10.1 Å². The number of hydrogen-bond acceptors (Lipinski definition) is 6. The number of carbonyl (C=O) groups is 1. The molecule has 1 amide bonds. The second-order valence-electron chi connectivity index (χ2n) is 6.41. The van der Waals surface area contributed by atoms with Crippen LogP contribution in [0.25, 0.3) is 11.4 Å². The molecule has 0 radical (unpaired) electrons. The van der Waals surface area contributed by atoms with Gasteiger partial charge in [0.15, 0.2) is 0 Å². The second kappa shape index (κ2) is 7.52. The Kier molecular flexibility index (Phi) is 4.92. The van der Waals surface area contributed by atoms with E-state index in [-0.39, 0.29) is 11.8 Å². The SMILES string of the molecule is COc1ccc(-c2noc(C3CC(=O)N(c4cccc(Cl)c4)C3)n2)c(OC)c1. The second-order valence-corrected chi connectivity index (χ2v) is 6.84. The highest BCUT2D eigenvalue weighted by Gasteiger charge is 2.35. The summed E-state index contributed by atoms with van der Waals surface area (Å²) in [5.41, 5.74) is 1.45. The molecule has 7 nitrogen and oxygen atoms in total. The van der Waals surface area contributed by atoms with Crippen molar-refractivity contribution in [2.75, 3.05) is 25.7 Å². The number of ether oxygens (including phenoxy) is 2. The molecule has 1 aromatic heterocycles. The van der Waals surface area contributed by atoms with Crippen molar-refractivity contribution in [2.45, 2.75) is 12.3 Å². The maximum absolute atomic E-state index is 12.5. The number of halogens is 1. The molecule has 0 bridgehead atoms. The third-order valence-corrected chi connectivity index (χ3v) is 4.92. The Balaban J connectivity index is 1.58. The maximum atomic E-state index is 12.5. The molecule has 0 N–H and O–H groups in total. The minimum absolute atomic E-state index is 0.00551. The zero-order chi connectivity index (χ0) is 19.7. The van der Waals surface area contributed by atoms with Crippen molar-refractivity contribution >= 4 is 23.2 Å². The van der Waals surface area contributed by atoms with Crippen molar-refractivity contribution in [3.05, 3.63) is 53.4 Å². The molecular weight excluding hydrogens is 382 g/mol. The molecule has 3 aromatic rings. The summed E-state index contributed by atoms with van der Waals surface area (Å²) in [5, 5.41) is 4.66. The summed E-state index contributed by atoms with van der Waals surface area (Å²) in [6.45, 7) is 0.459. The Hall–Kier alpha value is -3.06. The van der Waals surface area contributed by atoms with E-state index in [0.717, 1.165) is 5.69 Å². The van der Waals surface area contributed by atoms with Crippen molar-refractivity contribution < 1.29 is 18.8 Å². The van der Waals surface area contributed by atoms with E-state index in [1.165, 1.54) is 0 Å². The van der Waals surface area contributed by atoms with Crippen LogP contribution in [0.3, 0.4) is 0 Å². The topological polar surface area (TPSA) is 77.7 Å². The Morgan fingerprint density at radius 2 is 2.04 bits per heavy atom. The number of carbonyl (C=O) groups excluding carboxylic acids is 1. The summed E-state index contributed by atoms with van der Waals surface area (Å²) in [7, 11) is 3.15. The van der Waals surface area contributed by atoms with E-state index in [1.54, 1.807) is 43.4 Å². The van der Waals surface area contributed by atoms with Gasteiger partial charge >= 0.3 is 0 Å². The fourth-order valence-corrected chi connectivity index (χ4v) is 3.44. The molecule has 2 aromatic carbocycles. The minimum Gasteiger partial charge on any atom is -0.497 e. The Labute approximate surface area is 166 Å². The van der Waals surface area contributed by atoms with Gasteiger partial charge in [0.2, 0.25) is 17.6 Å². The highest BCUT2D eigenvalue weighted by atomic mass is 35.5. The lowest BCUT2D eigenvalue weighted by Crippen LogP contribution is -2.24. The van der Waals surface area contributed by atoms with Gasteiger partial charge < -0.3 is 18.9 Å². The zero-order valence-corrected chi connectivity index (χ0v) is 16.1. The van der Waals surface area contributed by atoms with Crippen LogP contribution in [-0.4, -0.2) is 36.8 Å². The summed E-state index contributed by atoms with van der Waals surface area (Å²) in [5.74, 6) is 1.89. The summed E-state index contributed by atoms with van der Waals surface area (Å²) < 4.78 is 16.1. The van der Waals surface area contributed by atoms with Crippen molar-refractivity contribution in [1.29, 1.82) is 0 Å². The van der Waals surface area contributed by atoms with Gasteiger partial charge in [-0.15, -0.1) is 0 Å². The fourth-order valence-electron chi connectivity index (χ4n) is 3.26. The molecule has 8 heteroatoms. The van der Waals surface area contributed by atoms with E-state index < -0.39 is 0 Å². The highest BCUT2D eigenvalue weighted by Crippen LogP contribution is 2.35. The number of anilines is 1. The molecule has 1 saturated heterocycles. The molecule has 1 aliphatic rings. The van der Waals surface area contributed by atoms with Crippen LogP contribution in [-0.2, 0) is 4.79 Å². The first-order valence-electron chi connectivity index (χ1n) is 8.71. The quantitative estimate of drug-likeness (QED) is 0.647. The van der Waals surface area contributed by atoms with Gasteiger partial charge in [-0.05, 0) is 30.3 Å². The van der Waals surface area contributed by atoms with Crippen molar-refractivity contribution in [3.63, 3.8) is 0 Å². The predicted octanol–water partition coefficient (Wildman–Crippen LogP) is 3.93. The monoisotopic (exact) mass is 399 g/mol. The summed E-state index contributed by atoms with van der Waals surface area (Å²) in [6.07, 6.45) is 0.299. The minimum atomic E-state index is -0.183. The van der Waals surface area contributed by atoms with Crippen molar-refractivity contribution in [2.24, 2.45) is 0 Å². The number of methoxy groups -OCH3 is 2. The molecule has 144 valence electrons. The predicted molar refractivity (Wildman–Crippen MR) is 104 cm³/mol. The molecule has 1 aliphatic heterocycles. The van der Waals surface area contributed by atoms with Gasteiger partial charge in [0.25, 0.3) is 0 Å². The third-order valence-electron chi connectivity index (χ3n) is 4.69. The van der Waals surface area contributed by atoms with Crippen LogP contribution in [0.15, 0.2) is 47.0 Å². The number of benzene rings is 2. The highest BCUT2D eigenvalue weighted by molar-refractivity contribution is 6.30. The third kappa shape index (κ3) is 3.41. The van der Waals surface area contributed by atoms with Gasteiger partial charge in [-0.3, -0.25) is 4.79 Å². The maximum Gasteiger partial charge on any atom is 0.232 e. The van der Waals surface area contributed by atoms with E-state index in [4.69, 9.17) is 25.6 Å². The average Bonchev–Trinajstić information content (AvgIpc) is 3.34. The summed E-state index contributed by atoms with van der Waals surface area (Å²) >= 11 is 6.05. The van der Waals surface area contributed by atoms with Crippen LogP contribution < -0.4 is 14.4 Å². The number of aromatic nitrogens is 2. The molecule has 0 aliphatic carbocycles. The van der Waals surface area contributed by atoms with Crippen LogP contribution in [0.5, 0.6) is 11.5 Å². The van der Waals surface area contributed by atoms with Crippen LogP contribution in [0.1, 0.15) is 18.2 Å². The number of hydrogen-bond donors (Lipinski definition) is 0. The normalized spacial score (nSPS) is 16.5. The molecular formula is C20H18ClN3O4. The van der Waals surface area contributed by atoms with Crippen LogP contribution in [0, 0.1) is 0 Å². The van der Waals surface area contributed by atoms with Crippen LogP contribution >= 0.6 is 11.6 Å². The smallest absolute Gasteiger partial charge is 0.232 e. The summed E-state index contributed by atoms with van der Waals surface area (Å²) in [4.78, 5) is 18.7. The van der Waals surface area contributed by atoms with E-state index in [9.17, 15) is 4.79 Å². The number of rotatable bonds is 5. The largest absolute Gasteiger partial charge is 0.497 e. The molecule has 1 atom stereocenters. The molecule has 28 heavy (non-hydrogen) atoms. The van der Waals surface area contributed by atoms with E-state index in [1.807, 2.05) is 18.2 Å². The Morgan fingerprint density at radius 1 is 1.18 bits per heavy atom. The first-order valence-corrected chi connectivity index (χ1v) is 9.08. The lowest BCUT2D eigenvalue weighted by Gasteiger charge is -2.16. The zero-order valence-electron chi connectivity index (χ0n) is 15.4. The molecule has 0 spiro atoms. The Bertz CT molecular complexity index is 1020. The van der Waals surface area contributed by atoms with E-state index >= 15 is 0 Å². The van der Waals surface area contributed by atoms with E-state index in [0.29, 0.717) is 46.8 Å². The number of nitrogens with zero attached hydrogens (tertiary/aromatic N) is 3. The van der Waals surface area contributed by atoms with Gasteiger partial charge in [0, 0.05) is 29.7 Å². The van der Waals surface area contributed by atoms with Gasteiger partial charge in [0.05, 0.1) is 25.7 Å². The molecule has 1 unspecified atom stereocenters. The average molecular weight is 400 g/mol. The fraction of sp³-hybridized carbons (Fsp3) is 0.250. The Morgan fingerprint density at radius 3 is 2.79 bits per heavy atom.